The number of nitrogens with one attached hydrogen (secondary N) is 2. The molecule has 1 aliphatic rings. The van der Waals surface area contributed by atoms with Crippen molar-refractivity contribution in [3.63, 3.8) is 0 Å². The van der Waals surface area contributed by atoms with E-state index in [4.69, 9.17) is 9.47 Å². The van der Waals surface area contributed by atoms with Crippen molar-refractivity contribution in [1.82, 2.24) is 24.6 Å². The fraction of sp³-hybridized carbons (Fsp3) is 0.174. The van der Waals surface area contributed by atoms with Crippen LogP contribution in [0.3, 0.4) is 0 Å². The van der Waals surface area contributed by atoms with E-state index in [1.165, 1.54) is 21.8 Å². The van der Waals surface area contributed by atoms with Crippen LogP contribution in [0.5, 0.6) is 11.5 Å². The molecule has 0 saturated carbocycles. The molecule has 4 aromatic rings. The van der Waals surface area contributed by atoms with Gasteiger partial charge in [-0.25, -0.2) is 4.98 Å². The minimum atomic E-state index is -0.469. The van der Waals surface area contributed by atoms with Crippen LogP contribution in [-0.4, -0.2) is 37.9 Å². The summed E-state index contributed by atoms with van der Waals surface area (Å²) in [7, 11) is 1.68. The van der Waals surface area contributed by atoms with Gasteiger partial charge < -0.3 is 20.1 Å². The lowest BCUT2D eigenvalue weighted by Gasteiger charge is -2.12. The smallest absolute Gasteiger partial charge is 0.264 e. The Morgan fingerprint density at radius 2 is 1.94 bits per heavy atom. The number of hydrogen-bond acceptors (Lipinski definition) is 7. The van der Waals surface area contributed by atoms with E-state index in [1.54, 1.807) is 43.4 Å². The Kier molecular flexibility index (Phi) is 5.42. The van der Waals surface area contributed by atoms with Crippen LogP contribution in [0.4, 0.5) is 5.69 Å². The highest BCUT2D eigenvalue weighted by molar-refractivity contribution is 6.03. The van der Waals surface area contributed by atoms with Gasteiger partial charge in [-0.2, -0.15) is 5.10 Å². The second-order valence-electron chi connectivity index (χ2n) is 7.65. The fourth-order valence-corrected chi connectivity index (χ4v) is 3.64. The molecule has 34 heavy (non-hydrogen) atoms. The Hall–Kier alpha value is -4.67. The zero-order valence-corrected chi connectivity index (χ0v) is 18.1. The molecule has 11 nitrogen and oxygen atoms in total. The molecule has 1 aliphatic heterocycles. The number of benzene rings is 2. The second kappa shape index (κ2) is 8.70. The molecule has 2 aromatic carbocycles. The van der Waals surface area contributed by atoms with E-state index in [-0.39, 0.29) is 31.3 Å². The number of carbonyl (C=O) groups is 2. The average molecular weight is 460 g/mol. The largest absolute Gasteiger partial charge is 0.454 e. The van der Waals surface area contributed by atoms with E-state index >= 15 is 0 Å². The van der Waals surface area contributed by atoms with Gasteiger partial charge in [-0.05, 0) is 29.8 Å². The van der Waals surface area contributed by atoms with E-state index in [0.717, 1.165) is 5.56 Å². The molecule has 0 aliphatic carbocycles. The molecule has 0 radical (unpaired) electrons. The number of ether oxygens (including phenoxy) is 2. The van der Waals surface area contributed by atoms with Gasteiger partial charge in [0.2, 0.25) is 12.7 Å². The van der Waals surface area contributed by atoms with Crippen LogP contribution in [-0.2, 0) is 24.9 Å². The summed E-state index contributed by atoms with van der Waals surface area (Å²) >= 11 is 0. The highest BCUT2D eigenvalue weighted by atomic mass is 16.7. The minimum Gasteiger partial charge on any atom is -0.454 e. The molecular formula is C23H20N6O5. The van der Waals surface area contributed by atoms with Gasteiger partial charge in [0.15, 0.2) is 17.1 Å². The number of rotatable bonds is 6. The zero-order chi connectivity index (χ0) is 23.7. The summed E-state index contributed by atoms with van der Waals surface area (Å²) in [6.45, 7) is 0.185. The van der Waals surface area contributed by atoms with E-state index in [2.05, 4.69) is 20.7 Å². The number of fused-ring (bicyclic) bond motifs is 2. The average Bonchev–Trinajstić information content (AvgIpc) is 3.46. The van der Waals surface area contributed by atoms with Crippen LogP contribution in [0.2, 0.25) is 0 Å². The maximum Gasteiger partial charge on any atom is 0.264 e. The Labute approximate surface area is 192 Å². The van der Waals surface area contributed by atoms with Gasteiger partial charge in [0.05, 0.1) is 17.4 Å². The third-order valence-electron chi connectivity index (χ3n) is 5.37. The summed E-state index contributed by atoms with van der Waals surface area (Å²) in [5, 5.41) is 9.88. The number of nitrogens with zero attached hydrogens (tertiary/aromatic N) is 4. The Morgan fingerprint density at radius 3 is 2.82 bits per heavy atom. The molecule has 0 fully saturated rings. The number of carbonyl (C=O) groups excluding carboxylic acids is 2. The lowest BCUT2D eigenvalue weighted by molar-refractivity contribution is -0.116. The van der Waals surface area contributed by atoms with Crippen LogP contribution in [0.1, 0.15) is 15.9 Å². The predicted octanol–water partition coefficient (Wildman–Crippen LogP) is 1.43. The highest BCUT2D eigenvalue weighted by Gasteiger charge is 2.17. The molecule has 2 N–H and O–H groups in total. The summed E-state index contributed by atoms with van der Waals surface area (Å²) in [5.41, 5.74) is 1.54. The maximum atomic E-state index is 12.8. The first-order chi connectivity index (χ1) is 16.5. The van der Waals surface area contributed by atoms with E-state index < -0.39 is 5.91 Å². The van der Waals surface area contributed by atoms with E-state index in [9.17, 15) is 14.4 Å². The van der Waals surface area contributed by atoms with Gasteiger partial charge in [0.1, 0.15) is 18.3 Å². The zero-order valence-electron chi connectivity index (χ0n) is 18.1. The molecule has 2 amide bonds. The van der Waals surface area contributed by atoms with Crippen molar-refractivity contribution >= 4 is 28.5 Å². The minimum absolute atomic E-state index is 0.177. The van der Waals surface area contributed by atoms with Crippen molar-refractivity contribution in [1.29, 1.82) is 0 Å². The van der Waals surface area contributed by atoms with Crippen LogP contribution < -0.4 is 25.7 Å². The SMILES string of the molecule is Cn1ncc2c(=O)n(CC(=O)Nc3ccccc3C(=O)NCc3ccc4c(c3)OCO4)cnc21. The molecule has 0 unspecified atom stereocenters. The molecule has 0 atom stereocenters. The number of hydrogen-bond donors (Lipinski definition) is 2. The standard InChI is InChI=1S/C23H20N6O5/c1-28-21-16(10-26-28)23(32)29(12-25-21)11-20(30)27-17-5-3-2-4-15(17)22(31)24-9-14-6-7-18-19(8-14)34-13-33-18/h2-8,10,12H,9,11,13H2,1H3,(H,24,31)(H,27,30). The van der Waals surface area contributed by atoms with Crippen LogP contribution in [0.25, 0.3) is 11.0 Å². The summed E-state index contributed by atoms with van der Waals surface area (Å²) in [4.78, 5) is 42.3. The lowest BCUT2D eigenvalue weighted by atomic mass is 10.1. The van der Waals surface area contributed by atoms with Crippen molar-refractivity contribution < 1.29 is 19.1 Å². The van der Waals surface area contributed by atoms with Crippen molar-refractivity contribution in [3.05, 3.63) is 76.5 Å². The molecular weight excluding hydrogens is 440 g/mol. The summed E-state index contributed by atoms with van der Waals surface area (Å²) in [6.07, 6.45) is 2.72. The predicted molar refractivity (Wildman–Crippen MR) is 122 cm³/mol. The summed E-state index contributed by atoms with van der Waals surface area (Å²) < 4.78 is 13.3. The highest BCUT2D eigenvalue weighted by Crippen LogP contribution is 2.32. The molecule has 0 spiro atoms. The lowest BCUT2D eigenvalue weighted by Crippen LogP contribution is -2.29. The van der Waals surface area contributed by atoms with Gasteiger partial charge in [0, 0.05) is 13.6 Å². The normalized spacial score (nSPS) is 12.0. The topological polar surface area (TPSA) is 129 Å². The number of amides is 2. The van der Waals surface area contributed by atoms with Crippen molar-refractivity contribution in [2.24, 2.45) is 7.05 Å². The first-order valence-corrected chi connectivity index (χ1v) is 10.4. The van der Waals surface area contributed by atoms with Crippen molar-refractivity contribution in [2.75, 3.05) is 12.1 Å². The van der Waals surface area contributed by atoms with Crippen LogP contribution in [0, 0.1) is 0 Å². The van der Waals surface area contributed by atoms with Crippen LogP contribution in [0.15, 0.2) is 59.8 Å². The summed E-state index contributed by atoms with van der Waals surface area (Å²) in [5.74, 6) is 0.473. The number of aromatic nitrogens is 4. The Balaban J connectivity index is 1.27. The molecule has 11 heteroatoms. The maximum absolute atomic E-state index is 12.8. The van der Waals surface area contributed by atoms with E-state index in [0.29, 0.717) is 33.8 Å². The molecule has 0 saturated heterocycles. The van der Waals surface area contributed by atoms with Crippen LogP contribution >= 0.6 is 0 Å². The quantitative estimate of drug-likeness (QED) is 0.445. The second-order valence-corrected chi connectivity index (χ2v) is 7.65. The molecule has 5 rings (SSSR count). The van der Waals surface area contributed by atoms with Crippen molar-refractivity contribution in [3.8, 4) is 11.5 Å². The third-order valence-corrected chi connectivity index (χ3v) is 5.37. The molecule has 2 aromatic heterocycles. The number of aryl methyl sites for hydroxylation is 1. The Morgan fingerprint density at radius 1 is 1.12 bits per heavy atom. The summed E-state index contributed by atoms with van der Waals surface area (Å²) in [6, 6.07) is 12.1. The van der Waals surface area contributed by atoms with Gasteiger partial charge in [-0.3, -0.25) is 23.6 Å². The van der Waals surface area contributed by atoms with Gasteiger partial charge in [-0.1, -0.05) is 18.2 Å². The first-order valence-electron chi connectivity index (χ1n) is 10.4. The fourth-order valence-electron chi connectivity index (χ4n) is 3.64. The van der Waals surface area contributed by atoms with Crippen molar-refractivity contribution in [2.45, 2.75) is 13.1 Å². The molecule has 0 bridgehead atoms. The van der Waals surface area contributed by atoms with Gasteiger partial charge in [0.25, 0.3) is 11.5 Å². The molecule has 172 valence electrons. The first kappa shape index (κ1) is 21.2. The van der Waals surface area contributed by atoms with Gasteiger partial charge >= 0.3 is 0 Å². The number of anilines is 1. The van der Waals surface area contributed by atoms with Gasteiger partial charge in [-0.15, -0.1) is 0 Å². The number of para-hydroxylation sites is 1. The third kappa shape index (κ3) is 4.06. The monoisotopic (exact) mass is 460 g/mol. The molecule has 3 heterocycles. The van der Waals surface area contributed by atoms with E-state index in [1.807, 2.05) is 6.07 Å². The Bertz CT molecular complexity index is 1470.